The minimum atomic E-state index is -0.508. The Kier molecular flexibility index (Phi) is 7.70. The van der Waals surface area contributed by atoms with E-state index in [0.717, 1.165) is 0 Å². The summed E-state index contributed by atoms with van der Waals surface area (Å²) < 4.78 is 10.5. The summed E-state index contributed by atoms with van der Waals surface area (Å²) in [5.41, 5.74) is 3.86. The van der Waals surface area contributed by atoms with Gasteiger partial charge >= 0.3 is 0 Å². The van der Waals surface area contributed by atoms with Gasteiger partial charge in [0.25, 0.3) is 11.8 Å². The Morgan fingerprint density at radius 2 is 1.69 bits per heavy atom. The average Bonchev–Trinajstić information content (AvgIpc) is 2.79. The van der Waals surface area contributed by atoms with Crippen LogP contribution in [-0.4, -0.2) is 32.2 Å². The number of nitrogens with one attached hydrogen (secondary N) is 2. The van der Waals surface area contributed by atoms with Gasteiger partial charge in [-0.1, -0.05) is 35.3 Å². The molecule has 0 atom stereocenters. The van der Waals surface area contributed by atoms with Crippen LogP contribution in [0, 0.1) is 0 Å². The lowest BCUT2D eigenvalue weighted by Crippen LogP contribution is -2.21. The molecule has 2 N–H and O–H groups in total. The van der Waals surface area contributed by atoms with E-state index < -0.39 is 11.8 Å². The van der Waals surface area contributed by atoms with Crippen LogP contribution in [0.4, 0.5) is 5.69 Å². The third kappa shape index (κ3) is 5.57. The largest absolute Gasteiger partial charge is 0.497 e. The highest BCUT2D eigenvalue weighted by molar-refractivity contribution is 6.37. The van der Waals surface area contributed by atoms with Gasteiger partial charge in [-0.2, -0.15) is 5.10 Å². The number of carbonyl (C=O) groups excluding carboxylic acids is 2. The predicted octanol–water partition coefficient (Wildman–Crippen LogP) is 5.03. The maximum atomic E-state index is 12.7. The van der Waals surface area contributed by atoms with Gasteiger partial charge in [0.05, 0.1) is 42.3 Å². The molecule has 9 heteroatoms. The summed E-state index contributed by atoms with van der Waals surface area (Å²) in [5.74, 6) is 0.188. The van der Waals surface area contributed by atoms with Gasteiger partial charge in [0, 0.05) is 16.7 Å². The van der Waals surface area contributed by atoms with Crippen LogP contribution in [0.25, 0.3) is 0 Å². The van der Waals surface area contributed by atoms with E-state index in [2.05, 4.69) is 15.8 Å². The molecular formula is C23H19Cl2N3O4. The lowest BCUT2D eigenvalue weighted by molar-refractivity contribution is 0.0956. The molecule has 0 aliphatic heterocycles. The number of hydrazone groups is 1. The SMILES string of the molecule is COc1ccc(/C=N\NC(=O)c2ccccc2NC(=O)c2ccc(Cl)cc2Cl)c(OC)c1. The Balaban J connectivity index is 1.74. The molecule has 164 valence electrons. The summed E-state index contributed by atoms with van der Waals surface area (Å²) >= 11 is 12.0. The van der Waals surface area contributed by atoms with E-state index in [1.165, 1.54) is 25.5 Å². The molecule has 32 heavy (non-hydrogen) atoms. The number of amides is 2. The van der Waals surface area contributed by atoms with E-state index >= 15 is 0 Å². The number of carbonyl (C=O) groups is 2. The van der Waals surface area contributed by atoms with Gasteiger partial charge in [-0.25, -0.2) is 5.43 Å². The third-order valence-electron chi connectivity index (χ3n) is 4.41. The van der Waals surface area contributed by atoms with Gasteiger partial charge in [0.2, 0.25) is 0 Å². The molecule has 2 amide bonds. The Labute approximate surface area is 194 Å². The number of hydrogen-bond acceptors (Lipinski definition) is 5. The van der Waals surface area contributed by atoms with Crippen molar-refractivity contribution in [3.8, 4) is 11.5 Å². The molecule has 0 saturated carbocycles. The summed E-state index contributed by atoms with van der Waals surface area (Å²) in [7, 11) is 3.08. The van der Waals surface area contributed by atoms with Crippen molar-refractivity contribution in [2.24, 2.45) is 5.10 Å². The van der Waals surface area contributed by atoms with Crippen molar-refractivity contribution >= 4 is 46.9 Å². The summed E-state index contributed by atoms with van der Waals surface area (Å²) in [5, 5.41) is 7.30. The molecule has 0 aromatic heterocycles. The number of nitrogens with zero attached hydrogens (tertiary/aromatic N) is 1. The van der Waals surface area contributed by atoms with Gasteiger partial charge < -0.3 is 14.8 Å². The zero-order valence-corrected chi connectivity index (χ0v) is 18.7. The van der Waals surface area contributed by atoms with Crippen LogP contribution < -0.4 is 20.2 Å². The normalized spacial score (nSPS) is 10.6. The molecule has 0 aliphatic rings. The molecule has 0 heterocycles. The minimum absolute atomic E-state index is 0.204. The lowest BCUT2D eigenvalue weighted by atomic mass is 10.1. The second-order valence-corrected chi connectivity index (χ2v) is 7.27. The van der Waals surface area contributed by atoms with Gasteiger partial charge in [-0.15, -0.1) is 0 Å². The quantitative estimate of drug-likeness (QED) is 0.373. The summed E-state index contributed by atoms with van der Waals surface area (Å²) in [6.45, 7) is 0. The monoisotopic (exact) mass is 471 g/mol. The molecule has 0 bridgehead atoms. The van der Waals surface area contributed by atoms with Crippen LogP contribution in [0.15, 0.2) is 65.8 Å². The number of methoxy groups -OCH3 is 2. The third-order valence-corrected chi connectivity index (χ3v) is 4.95. The Morgan fingerprint density at radius 3 is 2.41 bits per heavy atom. The zero-order valence-electron chi connectivity index (χ0n) is 17.2. The molecule has 0 unspecified atom stereocenters. The second kappa shape index (κ2) is 10.7. The standard InChI is InChI=1S/C23H19Cl2N3O4/c1-31-16-9-7-14(21(12-16)32-2)13-26-28-23(30)18-5-3-4-6-20(18)27-22(29)17-10-8-15(24)11-19(17)25/h3-13H,1-2H3,(H,27,29)(H,28,30)/b26-13-. The number of hydrogen-bond donors (Lipinski definition) is 2. The number of ether oxygens (including phenoxy) is 2. The van der Waals surface area contributed by atoms with Gasteiger partial charge in [0.1, 0.15) is 11.5 Å². The number of para-hydroxylation sites is 1. The van der Waals surface area contributed by atoms with Crippen molar-refractivity contribution in [2.45, 2.75) is 0 Å². The van der Waals surface area contributed by atoms with Crippen molar-refractivity contribution in [3.05, 3.63) is 87.4 Å². The van der Waals surface area contributed by atoms with E-state index in [4.69, 9.17) is 32.7 Å². The fourth-order valence-corrected chi connectivity index (χ4v) is 3.29. The highest BCUT2D eigenvalue weighted by atomic mass is 35.5. The predicted molar refractivity (Wildman–Crippen MR) is 125 cm³/mol. The molecule has 7 nitrogen and oxygen atoms in total. The van der Waals surface area contributed by atoms with Crippen LogP contribution in [0.1, 0.15) is 26.3 Å². The van der Waals surface area contributed by atoms with E-state index in [1.54, 1.807) is 55.6 Å². The second-order valence-electron chi connectivity index (χ2n) is 6.43. The maximum Gasteiger partial charge on any atom is 0.273 e. The van der Waals surface area contributed by atoms with Crippen LogP contribution in [0.5, 0.6) is 11.5 Å². The number of rotatable bonds is 7. The number of benzene rings is 3. The van der Waals surface area contributed by atoms with Crippen molar-refractivity contribution in [2.75, 3.05) is 19.5 Å². The van der Waals surface area contributed by atoms with Crippen molar-refractivity contribution in [1.82, 2.24) is 5.43 Å². The van der Waals surface area contributed by atoms with E-state index in [1.807, 2.05) is 0 Å². The van der Waals surface area contributed by atoms with Crippen molar-refractivity contribution < 1.29 is 19.1 Å². The topological polar surface area (TPSA) is 89.0 Å². The number of halogens is 2. The van der Waals surface area contributed by atoms with Gasteiger partial charge in [0.15, 0.2) is 0 Å². The van der Waals surface area contributed by atoms with Crippen LogP contribution in [0.3, 0.4) is 0 Å². The van der Waals surface area contributed by atoms with E-state index in [-0.39, 0.29) is 16.1 Å². The summed E-state index contributed by atoms with van der Waals surface area (Å²) in [4.78, 5) is 25.3. The number of anilines is 1. The molecule has 0 fully saturated rings. The van der Waals surface area contributed by atoms with Gasteiger partial charge in [-0.3, -0.25) is 9.59 Å². The smallest absolute Gasteiger partial charge is 0.273 e. The molecule has 3 aromatic rings. The Bertz CT molecular complexity index is 1180. The highest BCUT2D eigenvalue weighted by Crippen LogP contribution is 2.24. The first-order valence-electron chi connectivity index (χ1n) is 9.33. The van der Waals surface area contributed by atoms with E-state index in [0.29, 0.717) is 27.8 Å². The molecule has 3 rings (SSSR count). The molecule has 0 spiro atoms. The average molecular weight is 472 g/mol. The van der Waals surface area contributed by atoms with Crippen molar-refractivity contribution in [1.29, 1.82) is 0 Å². The minimum Gasteiger partial charge on any atom is -0.497 e. The fraction of sp³-hybridized carbons (Fsp3) is 0.0870. The summed E-state index contributed by atoms with van der Waals surface area (Å²) in [6, 6.07) is 16.3. The fourth-order valence-electron chi connectivity index (χ4n) is 2.80. The van der Waals surface area contributed by atoms with Crippen LogP contribution in [0.2, 0.25) is 10.0 Å². The highest BCUT2D eigenvalue weighted by Gasteiger charge is 2.16. The van der Waals surface area contributed by atoms with Crippen LogP contribution >= 0.6 is 23.2 Å². The lowest BCUT2D eigenvalue weighted by Gasteiger charge is -2.11. The first-order valence-corrected chi connectivity index (χ1v) is 10.1. The maximum absolute atomic E-state index is 12.7. The zero-order chi connectivity index (χ0) is 23.1. The van der Waals surface area contributed by atoms with Crippen LogP contribution in [-0.2, 0) is 0 Å². The van der Waals surface area contributed by atoms with Gasteiger partial charge in [-0.05, 0) is 42.5 Å². The molecule has 3 aromatic carbocycles. The molecule has 0 radical (unpaired) electrons. The molecule has 0 aliphatic carbocycles. The van der Waals surface area contributed by atoms with Crippen molar-refractivity contribution in [3.63, 3.8) is 0 Å². The molecular weight excluding hydrogens is 453 g/mol. The molecule has 0 saturated heterocycles. The Morgan fingerprint density at radius 1 is 0.906 bits per heavy atom. The van der Waals surface area contributed by atoms with E-state index in [9.17, 15) is 9.59 Å². The first-order chi connectivity index (χ1) is 15.4. The summed E-state index contributed by atoms with van der Waals surface area (Å²) in [6.07, 6.45) is 1.45. The Hall–Kier alpha value is -3.55. The first kappa shape index (κ1) is 23.1.